The van der Waals surface area contributed by atoms with Gasteiger partial charge in [0, 0.05) is 37.9 Å². The van der Waals surface area contributed by atoms with Crippen molar-refractivity contribution in [3.05, 3.63) is 146 Å². The highest BCUT2D eigenvalue weighted by Crippen LogP contribution is 2.47. The van der Waals surface area contributed by atoms with Crippen molar-refractivity contribution >= 4 is 81.7 Å². The number of benzene rings is 7. The van der Waals surface area contributed by atoms with E-state index in [1.807, 2.05) is 24.3 Å². The molecule has 4 nitrogen and oxygen atoms in total. The minimum absolute atomic E-state index is 0.836. The van der Waals surface area contributed by atoms with Crippen molar-refractivity contribution in [1.29, 1.82) is 0 Å². The van der Waals surface area contributed by atoms with E-state index in [0.29, 0.717) is 0 Å². The Hall–Kier alpha value is -6.26. The van der Waals surface area contributed by atoms with Crippen LogP contribution < -0.4 is 0 Å². The highest BCUT2D eigenvalue weighted by atomic mass is 15.1. The van der Waals surface area contributed by atoms with Crippen molar-refractivity contribution in [3.63, 3.8) is 0 Å². The van der Waals surface area contributed by atoms with Crippen LogP contribution in [0, 0.1) is 0 Å². The molecule has 0 aliphatic rings. The second-order valence-corrected chi connectivity index (χ2v) is 12.2. The highest BCUT2D eigenvalue weighted by Gasteiger charge is 2.26. The van der Waals surface area contributed by atoms with Crippen molar-refractivity contribution in [2.75, 3.05) is 0 Å². The number of rotatable bonds is 2. The predicted molar refractivity (Wildman–Crippen MR) is 191 cm³/mol. The molecule has 11 aromatic rings. The lowest BCUT2D eigenvalue weighted by molar-refractivity contribution is 1.08. The van der Waals surface area contributed by atoms with Crippen molar-refractivity contribution in [3.8, 4) is 17.1 Å². The Bertz CT molecular complexity index is 3020. The summed E-state index contributed by atoms with van der Waals surface area (Å²) in [6, 6.07) is 52.0. The quantitative estimate of drug-likeness (QED) is 0.203. The van der Waals surface area contributed by atoms with E-state index in [9.17, 15) is 0 Å². The molecular weight excluding hydrogens is 560 g/mol. The van der Waals surface area contributed by atoms with Crippen molar-refractivity contribution in [1.82, 2.24) is 18.9 Å². The zero-order valence-electron chi connectivity index (χ0n) is 24.6. The Labute approximate surface area is 262 Å². The highest BCUT2D eigenvalue weighted by molar-refractivity contribution is 6.36. The molecule has 0 aliphatic carbocycles. The van der Waals surface area contributed by atoms with E-state index in [1.165, 1.54) is 59.6 Å². The van der Waals surface area contributed by atoms with E-state index in [4.69, 9.17) is 9.97 Å². The lowest BCUT2D eigenvalue weighted by Gasteiger charge is -2.14. The lowest BCUT2D eigenvalue weighted by Crippen LogP contribution is -2.03. The van der Waals surface area contributed by atoms with Crippen molar-refractivity contribution < 1.29 is 0 Å². The monoisotopic (exact) mass is 584 g/mol. The van der Waals surface area contributed by atoms with Gasteiger partial charge in [0.05, 0.1) is 38.6 Å². The maximum atomic E-state index is 5.37. The molecule has 0 atom stereocenters. The van der Waals surface area contributed by atoms with Gasteiger partial charge in [-0.3, -0.25) is 4.57 Å². The van der Waals surface area contributed by atoms with E-state index in [0.717, 1.165) is 39.1 Å². The Morgan fingerprint density at radius 1 is 0.413 bits per heavy atom. The van der Waals surface area contributed by atoms with Gasteiger partial charge in [-0.05, 0) is 53.2 Å². The minimum Gasteiger partial charge on any atom is -0.308 e. The van der Waals surface area contributed by atoms with Crippen LogP contribution >= 0.6 is 0 Å². The second kappa shape index (κ2) is 8.68. The molecule has 0 N–H and O–H groups in total. The Morgan fingerprint density at radius 2 is 1.07 bits per heavy atom. The van der Waals surface area contributed by atoms with Crippen LogP contribution in [0.4, 0.5) is 0 Å². The standard InChI is InChI=1S/C42H24N4/c1-2-12-25(13-3-1)40-42(44-33-19-9-8-18-32(33)43-40)46-35-21-11-7-17-29(35)38-37(46)24-30-28-16-6-10-20-34(28)45-36-23-27-15-5-4-14-26(27)22-31(36)39(38)41(30)45/h1-24H. The molecule has 4 aromatic heterocycles. The number of hydrogen-bond acceptors (Lipinski definition) is 2. The first-order chi connectivity index (χ1) is 22.8. The average Bonchev–Trinajstić information content (AvgIpc) is 3.74. The molecular formula is C42H24N4. The van der Waals surface area contributed by atoms with Gasteiger partial charge in [-0.2, -0.15) is 0 Å². The van der Waals surface area contributed by atoms with Gasteiger partial charge >= 0.3 is 0 Å². The van der Waals surface area contributed by atoms with Crippen LogP contribution in [0.1, 0.15) is 0 Å². The van der Waals surface area contributed by atoms with Crippen LogP contribution in [0.5, 0.6) is 0 Å². The van der Waals surface area contributed by atoms with Crippen LogP contribution in [0.25, 0.3) is 98.8 Å². The Balaban J connectivity index is 1.41. The fourth-order valence-corrected chi connectivity index (χ4v) is 7.86. The molecule has 0 spiro atoms. The van der Waals surface area contributed by atoms with Crippen molar-refractivity contribution in [2.24, 2.45) is 0 Å². The zero-order chi connectivity index (χ0) is 29.9. The normalized spacial score (nSPS) is 12.3. The largest absolute Gasteiger partial charge is 0.308 e. The molecule has 11 rings (SSSR count). The fourth-order valence-electron chi connectivity index (χ4n) is 7.86. The van der Waals surface area contributed by atoms with Crippen LogP contribution in [0.15, 0.2) is 146 Å². The third kappa shape index (κ3) is 3.03. The molecule has 0 aliphatic heterocycles. The van der Waals surface area contributed by atoms with Crippen LogP contribution in [0.2, 0.25) is 0 Å². The van der Waals surface area contributed by atoms with Gasteiger partial charge in [0.2, 0.25) is 0 Å². The van der Waals surface area contributed by atoms with Gasteiger partial charge in [-0.15, -0.1) is 0 Å². The predicted octanol–water partition coefficient (Wildman–Crippen LogP) is 10.7. The van der Waals surface area contributed by atoms with Gasteiger partial charge in [-0.25, -0.2) is 9.97 Å². The molecule has 4 heterocycles. The first-order valence-electron chi connectivity index (χ1n) is 15.7. The topological polar surface area (TPSA) is 35.1 Å². The molecule has 0 unspecified atom stereocenters. The number of aromatic nitrogens is 4. The van der Waals surface area contributed by atoms with Crippen molar-refractivity contribution in [2.45, 2.75) is 0 Å². The summed E-state index contributed by atoms with van der Waals surface area (Å²) in [5, 5.41) is 10.0. The number of fused-ring (bicyclic) bond motifs is 12. The number of hydrogen-bond donors (Lipinski definition) is 0. The molecule has 0 amide bonds. The van der Waals surface area contributed by atoms with Gasteiger partial charge in [0.25, 0.3) is 0 Å². The third-order valence-corrected chi connectivity index (χ3v) is 9.78. The number of para-hydroxylation sites is 4. The Kier molecular flexibility index (Phi) is 4.55. The maximum Gasteiger partial charge on any atom is 0.165 e. The lowest BCUT2D eigenvalue weighted by atomic mass is 10.0. The fraction of sp³-hybridized carbons (Fsp3) is 0. The zero-order valence-corrected chi connectivity index (χ0v) is 24.6. The average molecular weight is 585 g/mol. The molecule has 0 radical (unpaired) electrons. The summed E-state index contributed by atoms with van der Waals surface area (Å²) in [5.41, 5.74) is 9.66. The summed E-state index contributed by atoms with van der Waals surface area (Å²) in [6.07, 6.45) is 0. The molecule has 0 bridgehead atoms. The summed E-state index contributed by atoms with van der Waals surface area (Å²) in [4.78, 5) is 10.6. The Morgan fingerprint density at radius 3 is 1.89 bits per heavy atom. The summed E-state index contributed by atoms with van der Waals surface area (Å²) in [5.74, 6) is 0.836. The molecule has 0 fully saturated rings. The molecule has 4 heteroatoms. The smallest absolute Gasteiger partial charge is 0.165 e. The van der Waals surface area contributed by atoms with Gasteiger partial charge in [0.15, 0.2) is 5.82 Å². The number of nitrogens with zero attached hydrogens (tertiary/aromatic N) is 4. The summed E-state index contributed by atoms with van der Waals surface area (Å²) in [6.45, 7) is 0. The first kappa shape index (κ1) is 24.1. The van der Waals surface area contributed by atoms with Crippen LogP contribution in [-0.2, 0) is 0 Å². The molecule has 46 heavy (non-hydrogen) atoms. The van der Waals surface area contributed by atoms with Gasteiger partial charge in [0.1, 0.15) is 5.69 Å². The molecule has 7 aromatic carbocycles. The molecule has 212 valence electrons. The van der Waals surface area contributed by atoms with Crippen LogP contribution in [-0.4, -0.2) is 18.9 Å². The summed E-state index contributed by atoms with van der Waals surface area (Å²) in [7, 11) is 0. The van der Waals surface area contributed by atoms with Gasteiger partial charge < -0.3 is 4.40 Å². The minimum atomic E-state index is 0.836. The SMILES string of the molecule is c1ccc(-c2nc3ccccc3nc2-n2c3ccccc3c3c4c5cc6ccccc6cc5n5c6ccccc6c(cc32)c45)cc1. The van der Waals surface area contributed by atoms with Gasteiger partial charge in [-0.1, -0.05) is 103 Å². The summed E-state index contributed by atoms with van der Waals surface area (Å²) < 4.78 is 4.84. The maximum absolute atomic E-state index is 5.37. The van der Waals surface area contributed by atoms with E-state index < -0.39 is 0 Å². The van der Waals surface area contributed by atoms with E-state index >= 15 is 0 Å². The van der Waals surface area contributed by atoms with Crippen LogP contribution in [0.3, 0.4) is 0 Å². The first-order valence-corrected chi connectivity index (χ1v) is 15.7. The third-order valence-electron chi connectivity index (χ3n) is 9.78. The van der Waals surface area contributed by atoms with E-state index in [-0.39, 0.29) is 0 Å². The summed E-state index contributed by atoms with van der Waals surface area (Å²) >= 11 is 0. The molecule has 0 saturated carbocycles. The van der Waals surface area contributed by atoms with E-state index in [2.05, 4.69) is 130 Å². The second-order valence-electron chi connectivity index (χ2n) is 12.2. The molecule has 0 saturated heterocycles. The van der Waals surface area contributed by atoms with E-state index in [1.54, 1.807) is 0 Å².